The van der Waals surface area contributed by atoms with Crippen LogP contribution in [0.2, 0.25) is 0 Å². The van der Waals surface area contributed by atoms with Crippen LogP contribution in [0.15, 0.2) is 21.1 Å². The van der Waals surface area contributed by atoms with Gasteiger partial charge in [0.15, 0.2) is 0 Å². The molecule has 0 saturated heterocycles. The number of benzene rings is 1. The summed E-state index contributed by atoms with van der Waals surface area (Å²) in [6.45, 7) is 0. The summed E-state index contributed by atoms with van der Waals surface area (Å²) < 4.78 is 31.9. The zero-order valence-corrected chi connectivity index (χ0v) is 13.8. The first kappa shape index (κ1) is 16.3. The molecule has 0 bridgehead atoms. The molecule has 9 heteroatoms. The first-order chi connectivity index (χ1) is 8.75. The number of methoxy groups -OCH3 is 1. The van der Waals surface area contributed by atoms with E-state index >= 15 is 0 Å². The molecule has 19 heavy (non-hydrogen) atoms. The minimum atomic E-state index is -3.72. The molecule has 1 rings (SSSR count). The van der Waals surface area contributed by atoms with Gasteiger partial charge in [-0.3, -0.25) is 9.52 Å². The van der Waals surface area contributed by atoms with E-state index in [2.05, 4.69) is 36.6 Å². The van der Waals surface area contributed by atoms with Gasteiger partial charge in [0.2, 0.25) is 10.0 Å². The van der Waals surface area contributed by atoms with Gasteiger partial charge in [0, 0.05) is 10.5 Å². The highest BCUT2D eigenvalue weighted by Crippen LogP contribution is 2.34. The summed E-state index contributed by atoms with van der Waals surface area (Å²) in [6.07, 6.45) is -0.458. The monoisotopic (exact) mass is 415 g/mol. The third kappa shape index (κ3) is 5.00. The van der Waals surface area contributed by atoms with Crippen LogP contribution in [0.4, 0.5) is 5.69 Å². The van der Waals surface area contributed by atoms with Crippen molar-refractivity contribution >= 4 is 53.5 Å². The van der Waals surface area contributed by atoms with Crippen LogP contribution < -0.4 is 9.46 Å². The predicted octanol–water partition coefficient (Wildman–Crippen LogP) is 2.44. The maximum atomic E-state index is 11.7. The lowest BCUT2D eigenvalue weighted by atomic mass is 10.3. The third-order valence-electron chi connectivity index (χ3n) is 2.09. The van der Waals surface area contributed by atoms with Crippen molar-refractivity contribution in [2.75, 3.05) is 17.6 Å². The lowest BCUT2D eigenvalue weighted by Gasteiger charge is -2.12. The van der Waals surface area contributed by atoms with E-state index < -0.39 is 28.2 Å². The van der Waals surface area contributed by atoms with Crippen molar-refractivity contribution in [1.82, 2.24) is 0 Å². The number of carbonyl (C=O) groups is 1. The van der Waals surface area contributed by atoms with E-state index in [-0.39, 0.29) is 5.69 Å². The summed E-state index contributed by atoms with van der Waals surface area (Å²) in [5.74, 6) is -1.20. The standard InChI is InChI=1S/C10H11Br2NO5S/c1-18-9-5-8(6(11)4-7(9)12)13-19(16,17)3-2-10(14)15/h4-5,13H,2-3H2,1H3,(H,14,15). The van der Waals surface area contributed by atoms with Gasteiger partial charge in [-0.05, 0) is 37.9 Å². The molecule has 0 unspecified atom stereocenters. The van der Waals surface area contributed by atoms with Crippen LogP contribution in [0, 0.1) is 0 Å². The van der Waals surface area contributed by atoms with Crippen molar-refractivity contribution in [1.29, 1.82) is 0 Å². The number of aliphatic carboxylic acids is 1. The molecule has 0 aliphatic heterocycles. The fourth-order valence-electron chi connectivity index (χ4n) is 1.20. The van der Waals surface area contributed by atoms with Crippen LogP contribution in [0.25, 0.3) is 0 Å². The topological polar surface area (TPSA) is 92.7 Å². The van der Waals surface area contributed by atoms with Crippen molar-refractivity contribution in [3.8, 4) is 5.75 Å². The highest BCUT2D eigenvalue weighted by Gasteiger charge is 2.16. The summed E-state index contributed by atoms with van der Waals surface area (Å²) in [5, 5.41) is 8.49. The van der Waals surface area contributed by atoms with Crippen molar-refractivity contribution in [2.24, 2.45) is 0 Å². The molecule has 0 heterocycles. The molecule has 0 atom stereocenters. The maximum absolute atomic E-state index is 11.7. The highest BCUT2D eigenvalue weighted by atomic mass is 79.9. The molecule has 0 amide bonds. The van der Waals surface area contributed by atoms with Gasteiger partial charge in [-0.2, -0.15) is 0 Å². The van der Waals surface area contributed by atoms with Gasteiger partial charge in [0.25, 0.3) is 0 Å². The fourth-order valence-corrected chi connectivity index (χ4v) is 3.64. The maximum Gasteiger partial charge on any atom is 0.304 e. The van der Waals surface area contributed by atoms with E-state index in [1.807, 2.05) is 0 Å². The van der Waals surface area contributed by atoms with Crippen LogP contribution in [-0.4, -0.2) is 32.4 Å². The van der Waals surface area contributed by atoms with Crippen LogP contribution in [-0.2, 0) is 14.8 Å². The molecule has 0 aromatic heterocycles. The van der Waals surface area contributed by atoms with Gasteiger partial charge in [-0.1, -0.05) is 0 Å². The Morgan fingerprint density at radius 1 is 1.37 bits per heavy atom. The SMILES string of the molecule is COc1cc(NS(=O)(=O)CCC(=O)O)c(Br)cc1Br. The van der Waals surface area contributed by atoms with Gasteiger partial charge >= 0.3 is 5.97 Å². The first-order valence-corrected chi connectivity index (χ1v) is 8.24. The number of hydrogen-bond donors (Lipinski definition) is 2. The number of ether oxygens (including phenoxy) is 1. The second-order valence-electron chi connectivity index (χ2n) is 3.53. The largest absolute Gasteiger partial charge is 0.495 e. The Labute approximate surface area is 127 Å². The number of sulfonamides is 1. The van der Waals surface area contributed by atoms with E-state index in [9.17, 15) is 13.2 Å². The van der Waals surface area contributed by atoms with Gasteiger partial charge in [-0.25, -0.2) is 8.42 Å². The molecule has 0 saturated carbocycles. The number of carboxylic acid groups (broad SMARTS) is 1. The van der Waals surface area contributed by atoms with E-state index in [0.717, 1.165) is 0 Å². The first-order valence-electron chi connectivity index (χ1n) is 5.00. The molecule has 0 fully saturated rings. The predicted molar refractivity (Wildman–Crippen MR) is 78.1 cm³/mol. The normalized spacial score (nSPS) is 11.1. The number of rotatable bonds is 6. The van der Waals surface area contributed by atoms with Gasteiger partial charge in [-0.15, -0.1) is 0 Å². The number of nitrogens with one attached hydrogen (secondary N) is 1. The zero-order chi connectivity index (χ0) is 14.6. The molecular weight excluding hydrogens is 406 g/mol. The molecular formula is C10H11Br2NO5S. The molecule has 2 N–H and O–H groups in total. The number of anilines is 1. The minimum Gasteiger partial charge on any atom is -0.495 e. The Hall–Kier alpha value is -0.800. The van der Waals surface area contributed by atoms with Gasteiger partial charge < -0.3 is 9.84 Å². The van der Waals surface area contributed by atoms with Crippen LogP contribution in [0.3, 0.4) is 0 Å². The average molecular weight is 417 g/mol. The number of hydrogen-bond acceptors (Lipinski definition) is 4. The van der Waals surface area contributed by atoms with E-state index in [4.69, 9.17) is 9.84 Å². The molecule has 106 valence electrons. The van der Waals surface area contributed by atoms with Crippen molar-refractivity contribution in [3.63, 3.8) is 0 Å². The highest BCUT2D eigenvalue weighted by molar-refractivity contribution is 9.11. The molecule has 6 nitrogen and oxygen atoms in total. The van der Waals surface area contributed by atoms with Gasteiger partial charge in [0.05, 0.1) is 29.4 Å². The van der Waals surface area contributed by atoms with E-state index in [1.165, 1.54) is 13.2 Å². The number of carboxylic acids is 1. The molecule has 1 aromatic carbocycles. The van der Waals surface area contributed by atoms with E-state index in [1.54, 1.807) is 6.07 Å². The van der Waals surface area contributed by atoms with Crippen LogP contribution >= 0.6 is 31.9 Å². The Morgan fingerprint density at radius 3 is 2.53 bits per heavy atom. The summed E-state index contributed by atoms with van der Waals surface area (Å²) in [7, 11) is -2.27. The number of halogens is 2. The van der Waals surface area contributed by atoms with Crippen LogP contribution in [0.5, 0.6) is 5.75 Å². The van der Waals surface area contributed by atoms with Crippen molar-refractivity contribution < 1.29 is 23.1 Å². The molecule has 0 spiro atoms. The molecule has 0 aliphatic carbocycles. The Balaban J connectivity index is 2.96. The fraction of sp³-hybridized carbons (Fsp3) is 0.300. The quantitative estimate of drug-likeness (QED) is 0.742. The Morgan fingerprint density at radius 2 is 2.00 bits per heavy atom. The zero-order valence-electron chi connectivity index (χ0n) is 9.81. The van der Waals surface area contributed by atoms with E-state index in [0.29, 0.717) is 14.7 Å². The second kappa shape index (κ2) is 6.58. The second-order valence-corrected chi connectivity index (χ2v) is 7.08. The van der Waals surface area contributed by atoms with Gasteiger partial charge in [0.1, 0.15) is 5.75 Å². The minimum absolute atomic E-state index is 0.283. The Kier molecular flexibility index (Phi) is 5.63. The summed E-state index contributed by atoms with van der Waals surface area (Å²) in [5.41, 5.74) is 0.283. The molecule has 1 aromatic rings. The summed E-state index contributed by atoms with van der Waals surface area (Å²) >= 11 is 6.48. The summed E-state index contributed by atoms with van der Waals surface area (Å²) in [6, 6.07) is 3.13. The summed E-state index contributed by atoms with van der Waals surface area (Å²) in [4.78, 5) is 10.4. The van der Waals surface area contributed by atoms with Crippen LogP contribution in [0.1, 0.15) is 6.42 Å². The van der Waals surface area contributed by atoms with Crippen molar-refractivity contribution in [2.45, 2.75) is 6.42 Å². The average Bonchev–Trinajstić information content (AvgIpc) is 2.30. The lowest BCUT2D eigenvalue weighted by Crippen LogP contribution is -2.19. The molecule has 0 aliphatic rings. The smallest absolute Gasteiger partial charge is 0.304 e. The Bertz CT molecular complexity index is 588. The van der Waals surface area contributed by atoms with Crippen molar-refractivity contribution in [3.05, 3.63) is 21.1 Å². The molecule has 0 radical (unpaired) electrons. The lowest BCUT2D eigenvalue weighted by molar-refractivity contribution is -0.136. The third-order valence-corrected chi connectivity index (χ3v) is 4.64.